The van der Waals surface area contributed by atoms with Gasteiger partial charge in [0.15, 0.2) is 0 Å². The lowest BCUT2D eigenvalue weighted by Crippen LogP contribution is -2.40. The molecule has 3 aromatic rings. The number of fused-ring (bicyclic) bond motifs is 1. The van der Waals surface area contributed by atoms with Crippen molar-refractivity contribution in [3.8, 4) is 0 Å². The van der Waals surface area contributed by atoms with Gasteiger partial charge in [-0.15, -0.1) is 0 Å². The quantitative estimate of drug-likeness (QED) is 0.271. The number of hydrogen-bond donors (Lipinski definition) is 3. The maximum Gasteiger partial charge on any atom is 0.333 e. The molecule has 4 rings (SSSR count). The maximum atomic E-state index is 13.1. The summed E-state index contributed by atoms with van der Waals surface area (Å²) in [6, 6.07) is 20.6. The van der Waals surface area contributed by atoms with E-state index < -0.39 is 17.8 Å². The summed E-state index contributed by atoms with van der Waals surface area (Å²) in [6.07, 6.45) is 2.02. The highest BCUT2D eigenvalue weighted by Gasteiger charge is 2.20. The van der Waals surface area contributed by atoms with Gasteiger partial charge in [-0.2, -0.15) is 0 Å². The van der Waals surface area contributed by atoms with Gasteiger partial charge < -0.3 is 20.7 Å². The minimum Gasteiger partial charge on any atom is -0.462 e. The van der Waals surface area contributed by atoms with E-state index >= 15 is 0 Å². The van der Waals surface area contributed by atoms with E-state index in [0.717, 1.165) is 16.3 Å². The van der Waals surface area contributed by atoms with Gasteiger partial charge in [-0.25, -0.2) is 4.79 Å². The number of carbonyl (C=O) groups excluding carboxylic acids is 4. The van der Waals surface area contributed by atoms with Crippen LogP contribution in [0.4, 0.5) is 0 Å². The van der Waals surface area contributed by atoms with Crippen molar-refractivity contribution in [3.05, 3.63) is 95.1 Å². The smallest absolute Gasteiger partial charge is 0.333 e. The first-order valence-electron chi connectivity index (χ1n) is 11.7. The third-order valence-corrected chi connectivity index (χ3v) is 6.02. The average Bonchev–Trinajstić information content (AvgIpc) is 3.31. The molecule has 0 aromatic heterocycles. The Morgan fingerprint density at radius 2 is 1.67 bits per heavy atom. The van der Waals surface area contributed by atoms with Gasteiger partial charge in [0.2, 0.25) is 0 Å². The first-order valence-corrected chi connectivity index (χ1v) is 11.7. The number of hydrogen-bond acceptors (Lipinski definition) is 5. The molecule has 1 atom stereocenters. The zero-order valence-corrected chi connectivity index (χ0v) is 19.9. The largest absolute Gasteiger partial charge is 0.462 e. The van der Waals surface area contributed by atoms with E-state index in [0.29, 0.717) is 29.7 Å². The molecule has 1 aliphatic heterocycles. The van der Waals surface area contributed by atoms with Crippen molar-refractivity contribution in [1.82, 2.24) is 16.0 Å². The highest BCUT2D eigenvalue weighted by Crippen LogP contribution is 2.24. The summed E-state index contributed by atoms with van der Waals surface area (Å²) in [5, 5.41) is 10.2. The molecule has 3 N–H and O–H groups in total. The third kappa shape index (κ3) is 5.78. The average molecular weight is 486 g/mol. The zero-order valence-electron chi connectivity index (χ0n) is 19.9. The number of carbonyl (C=O) groups is 4. The van der Waals surface area contributed by atoms with Crippen LogP contribution in [0.3, 0.4) is 0 Å². The van der Waals surface area contributed by atoms with E-state index in [4.69, 9.17) is 4.74 Å². The standard InChI is InChI=1S/C28H27N3O5/c1-18(22-12-6-9-19-7-2-4-10-23(19)22)31-25(32)24-11-5-3-8-21(24)17-30-27(34)26(33)29-15-13-20-14-16-36-28(20)35/h2-13,18H,14-17H2,1H3,(H,29,33)(H,30,34)(H,31,32)/b20-13+/t18-/m1/s1. The van der Waals surface area contributed by atoms with Gasteiger partial charge in [-0.05, 0) is 34.9 Å². The minimum atomic E-state index is -0.832. The second kappa shape index (κ2) is 11.3. The summed E-state index contributed by atoms with van der Waals surface area (Å²) in [7, 11) is 0. The summed E-state index contributed by atoms with van der Waals surface area (Å²) < 4.78 is 4.82. The van der Waals surface area contributed by atoms with E-state index in [1.807, 2.05) is 49.4 Å². The monoisotopic (exact) mass is 485 g/mol. The lowest BCUT2D eigenvalue weighted by Gasteiger charge is -2.18. The summed E-state index contributed by atoms with van der Waals surface area (Å²) in [4.78, 5) is 48.9. The van der Waals surface area contributed by atoms with Gasteiger partial charge in [-0.1, -0.05) is 66.7 Å². The Hall–Kier alpha value is -4.46. The normalized spacial score (nSPS) is 14.8. The number of benzene rings is 3. The van der Waals surface area contributed by atoms with Crippen LogP contribution >= 0.6 is 0 Å². The van der Waals surface area contributed by atoms with Gasteiger partial charge in [0, 0.05) is 30.6 Å². The van der Waals surface area contributed by atoms with Crippen molar-refractivity contribution in [2.45, 2.75) is 25.9 Å². The number of ether oxygens (including phenoxy) is 1. The predicted octanol–water partition coefficient (Wildman–Crippen LogP) is 2.94. The number of rotatable bonds is 7. The molecule has 36 heavy (non-hydrogen) atoms. The van der Waals surface area contributed by atoms with Gasteiger partial charge in [-0.3, -0.25) is 14.4 Å². The second-order valence-electron chi connectivity index (χ2n) is 8.43. The molecule has 184 valence electrons. The Morgan fingerprint density at radius 1 is 0.944 bits per heavy atom. The van der Waals surface area contributed by atoms with E-state index in [1.165, 1.54) is 6.08 Å². The van der Waals surface area contributed by atoms with Crippen molar-refractivity contribution >= 4 is 34.5 Å². The number of cyclic esters (lactones) is 1. The van der Waals surface area contributed by atoms with Crippen LogP contribution < -0.4 is 16.0 Å². The highest BCUT2D eigenvalue weighted by molar-refractivity contribution is 6.35. The Balaban J connectivity index is 1.36. The van der Waals surface area contributed by atoms with Crippen LogP contribution in [-0.2, 0) is 25.7 Å². The molecule has 8 nitrogen and oxygen atoms in total. The van der Waals surface area contributed by atoms with Gasteiger partial charge in [0.1, 0.15) is 0 Å². The molecule has 3 aromatic carbocycles. The van der Waals surface area contributed by atoms with Crippen molar-refractivity contribution in [2.24, 2.45) is 0 Å². The van der Waals surface area contributed by atoms with Crippen LogP contribution in [0.5, 0.6) is 0 Å². The maximum absolute atomic E-state index is 13.1. The van der Waals surface area contributed by atoms with Crippen LogP contribution in [0.2, 0.25) is 0 Å². The fourth-order valence-electron chi connectivity index (χ4n) is 4.11. The Labute approximate surface area is 208 Å². The molecule has 8 heteroatoms. The predicted molar refractivity (Wildman–Crippen MR) is 135 cm³/mol. The first-order chi connectivity index (χ1) is 17.4. The Bertz CT molecular complexity index is 1340. The molecule has 0 aliphatic carbocycles. The van der Waals surface area contributed by atoms with Gasteiger partial charge >= 0.3 is 17.8 Å². The summed E-state index contributed by atoms with van der Waals surface area (Å²) in [5.74, 6) is -2.34. The summed E-state index contributed by atoms with van der Waals surface area (Å²) in [5.41, 5.74) is 2.48. The van der Waals surface area contributed by atoms with Crippen LogP contribution in [0, 0.1) is 0 Å². The first kappa shape index (κ1) is 24.7. The second-order valence-corrected chi connectivity index (χ2v) is 8.43. The van der Waals surface area contributed by atoms with Crippen molar-refractivity contribution in [1.29, 1.82) is 0 Å². The third-order valence-electron chi connectivity index (χ3n) is 6.02. The van der Waals surface area contributed by atoms with E-state index in [1.54, 1.807) is 24.3 Å². The Kier molecular flexibility index (Phi) is 7.75. The van der Waals surface area contributed by atoms with Crippen LogP contribution in [-0.4, -0.2) is 36.8 Å². The SMILES string of the molecule is C[C@@H](NC(=O)c1ccccc1CNC(=O)C(=O)NC/C=C1\CCOC1=O)c1cccc2ccccc12. The number of nitrogens with one attached hydrogen (secondary N) is 3. The lowest BCUT2D eigenvalue weighted by molar-refractivity contribution is -0.139. The van der Waals surface area contributed by atoms with Crippen molar-refractivity contribution in [2.75, 3.05) is 13.2 Å². The van der Waals surface area contributed by atoms with Crippen molar-refractivity contribution < 1.29 is 23.9 Å². The molecule has 0 unspecified atom stereocenters. The van der Waals surface area contributed by atoms with Gasteiger partial charge in [0.25, 0.3) is 5.91 Å². The topological polar surface area (TPSA) is 114 Å². The minimum absolute atomic E-state index is 0.00586. The molecule has 0 saturated carbocycles. The molecule has 0 bridgehead atoms. The van der Waals surface area contributed by atoms with Gasteiger partial charge in [0.05, 0.1) is 12.6 Å². The molecule has 0 spiro atoms. The lowest BCUT2D eigenvalue weighted by atomic mass is 9.99. The van der Waals surface area contributed by atoms with E-state index in [9.17, 15) is 19.2 Å². The summed E-state index contributed by atoms with van der Waals surface area (Å²) >= 11 is 0. The Morgan fingerprint density at radius 3 is 2.47 bits per heavy atom. The molecular formula is C28H27N3O5. The number of amides is 3. The summed E-state index contributed by atoms with van der Waals surface area (Å²) in [6.45, 7) is 2.30. The molecular weight excluding hydrogens is 458 g/mol. The zero-order chi connectivity index (χ0) is 25.5. The molecule has 3 amide bonds. The van der Waals surface area contributed by atoms with Crippen LogP contribution in [0.1, 0.15) is 40.9 Å². The molecule has 1 fully saturated rings. The fourth-order valence-corrected chi connectivity index (χ4v) is 4.11. The molecule has 1 aliphatic rings. The number of esters is 1. The van der Waals surface area contributed by atoms with E-state index in [2.05, 4.69) is 16.0 Å². The van der Waals surface area contributed by atoms with Crippen LogP contribution in [0.15, 0.2) is 78.4 Å². The molecule has 1 heterocycles. The molecule has 1 saturated heterocycles. The van der Waals surface area contributed by atoms with Crippen molar-refractivity contribution in [3.63, 3.8) is 0 Å². The van der Waals surface area contributed by atoms with E-state index in [-0.39, 0.29) is 25.0 Å². The van der Waals surface area contributed by atoms with Crippen LogP contribution in [0.25, 0.3) is 10.8 Å². The highest BCUT2D eigenvalue weighted by atomic mass is 16.5. The molecule has 0 radical (unpaired) electrons. The fraction of sp³-hybridized carbons (Fsp3) is 0.214.